The summed E-state index contributed by atoms with van der Waals surface area (Å²) in [7, 11) is -1.000. The van der Waals surface area contributed by atoms with E-state index in [1.165, 1.54) is 8.47 Å². The number of hydrogen-bond acceptors (Lipinski definition) is 5. The van der Waals surface area contributed by atoms with Crippen molar-refractivity contribution in [2.45, 2.75) is 41.5 Å². The molecule has 0 N–H and O–H groups in total. The van der Waals surface area contributed by atoms with Gasteiger partial charge in [0.15, 0.2) is 0 Å². The molecule has 0 unspecified atom stereocenters. The van der Waals surface area contributed by atoms with Gasteiger partial charge in [0, 0.05) is 9.81 Å². The maximum atomic E-state index is 12.8. The van der Waals surface area contributed by atoms with Crippen molar-refractivity contribution >= 4 is 57.8 Å². The van der Waals surface area contributed by atoms with Crippen LogP contribution < -0.4 is 0 Å². The highest BCUT2D eigenvalue weighted by molar-refractivity contribution is 8.23. The molecule has 20 heavy (non-hydrogen) atoms. The second-order valence-electron chi connectivity index (χ2n) is 3.69. The zero-order valence-corrected chi connectivity index (χ0v) is 17.4. The van der Waals surface area contributed by atoms with Crippen molar-refractivity contribution in [2.75, 3.05) is 23.0 Å². The second-order valence-corrected chi connectivity index (χ2v) is 11.1. The molecule has 0 aliphatic heterocycles. The molecule has 0 aromatic rings. The van der Waals surface area contributed by atoms with Gasteiger partial charge < -0.3 is 0 Å². The van der Waals surface area contributed by atoms with Gasteiger partial charge in [-0.3, -0.25) is 0 Å². The molecule has 0 rings (SSSR count). The zero-order chi connectivity index (χ0) is 15.5. The smallest absolute Gasteiger partial charge is 0.0794 e. The monoisotopic (exact) mass is 370 g/mol. The van der Waals surface area contributed by atoms with Crippen molar-refractivity contribution in [3.63, 3.8) is 0 Å². The number of thioether (sulfide) groups is 4. The topological polar surface area (TPSA) is 17.1 Å². The molecule has 118 valence electrons. The molecular weight excluding hydrogens is 344 g/mol. The summed E-state index contributed by atoms with van der Waals surface area (Å²) in [5.41, 5.74) is 0. The Morgan fingerprint density at radius 2 is 0.950 bits per heavy atom. The molecule has 0 aliphatic carbocycles. The highest BCUT2D eigenvalue weighted by atomic mass is 32.2. The summed E-state index contributed by atoms with van der Waals surface area (Å²) in [6.45, 7) is 12.6. The highest BCUT2D eigenvalue weighted by Crippen LogP contribution is 2.37. The van der Waals surface area contributed by atoms with Crippen LogP contribution in [0.2, 0.25) is 0 Å². The Labute approximate surface area is 144 Å². The fourth-order valence-electron chi connectivity index (χ4n) is 1.40. The first-order chi connectivity index (χ1) is 9.53. The number of allylic oxidation sites excluding steroid dienone is 2. The Hall–Kier alpha value is 1.03. The Morgan fingerprint density at radius 3 is 1.15 bits per heavy atom. The minimum absolute atomic E-state index is 1.000. The van der Waals surface area contributed by atoms with Crippen LogP contribution in [0.25, 0.3) is 0 Å². The SMILES string of the molecule is CCSC(SCC)=C(C)S(=O)C(C)=C(SCC)SCC. The molecular formula is C14H26OS5. The number of hydrogen-bond donors (Lipinski definition) is 0. The van der Waals surface area contributed by atoms with Crippen molar-refractivity contribution in [1.29, 1.82) is 0 Å². The van der Waals surface area contributed by atoms with Gasteiger partial charge in [-0.05, 0) is 36.9 Å². The van der Waals surface area contributed by atoms with Crippen LogP contribution in [0, 0.1) is 0 Å². The van der Waals surface area contributed by atoms with E-state index in [0.29, 0.717) is 0 Å². The van der Waals surface area contributed by atoms with E-state index in [1.54, 1.807) is 47.0 Å². The molecule has 0 fully saturated rings. The third-order valence-electron chi connectivity index (χ3n) is 2.23. The van der Waals surface area contributed by atoms with Crippen LogP contribution in [-0.2, 0) is 10.8 Å². The van der Waals surface area contributed by atoms with Gasteiger partial charge in [-0.2, -0.15) is 0 Å². The van der Waals surface area contributed by atoms with Crippen molar-refractivity contribution in [2.24, 2.45) is 0 Å². The highest BCUT2D eigenvalue weighted by Gasteiger charge is 2.15. The van der Waals surface area contributed by atoms with Crippen LogP contribution in [0.1, 0.15) is 41.5 Å². The van der Waals surface area contributed by atoms with E-state index in [9.17, 15) is 4.21 Å². The molecule has 0 aliphatic rings. The largest absolute Gasteiger partial charge is 0.250 e. The normalized spacial score (nSPS) is 10.8. The molecule has 0 spiro atoms. The Kier molecular flexibility index (Phi) is 13.2. The third-order valence-corrected chi connectivity index (χ3v) is 9.11. The van der Waals surface area contributed by atoms with Gasteiger partial charge in [-0.1, -0.05) is 27.7 Å². The first kappa shape index (κ1) is 21.0. The van der Waals surface area contributed by atoms with Gasteiger partial charge in [-0.25, -0.2) is 4.21 Å². The summed E-state index contributed by atoms with van der Waals surface area (Å²) in [6, 6.07) is 0. The Morgan fingerprint density at radius 1 is 0.700 bits per heavy atom. The summed E-state index contributed by atoms with van der Waals surface area (Å²) >= 11 is 7.23. The van der Waals surface area contributed by atoms with Crippen LogP contribution in [0.4, 0.5) is 0 Å². The van der Waals surface area contributed by atoms with Crippen LogP contribution >= 0.6 is 47.0 Å². The summed E-state index contributed by atoms with van der Waals surface area (Å²) in [4.78, 5) is 2.04. The number of rotatable bonds is 10. The average molecular weight is 371 g/mol. The fourth-order valence-corrected chi connectivity index (χ4v) is 7.72. The second kappa shape index (κ2) is 12.6. The van der Waals surface area contributed by atoms with E-state index >= 15 is 0 Å². The predicted molar refractivity (Wildman–Crippen MR) is 106 cm³/mol. The molecule has 0 saturated carbocycles. The summed E-state index contributed by atoms with van der Waals surface area (Å²) in [5, 5.41) is 0. The minimum atomic E-state index is -1.000. The Bertz CT molecular complexity index is 324. The first-order valence-electron chi connectivity index (χ1n) is 6.87. The molecule has 0 atom stereocenters. The molecule has 0 saturated heterocycles. The fraction of sp³-hybridized carbons (Fsp3) is 0.714. The van der Waals surface area contributed by atoms with E-state index in [-0.39, 0.29) is 0 Å². The van der Waals surface area contributed by atoms with E-state index in [0.717, 1.165) is 32.8 Å². The van der Waals surface area contributed by atoms with Crippen LogP contribution in [0.5, 0.6) is 0 Å². The van der Waals surface area contributed by atoms with Crippen LogP contribution in [-0.4, -0.2) is 27.2 Å². The van der Waals surface area contributed by atoms with Crippen LogP contribution in [0.3, 0.4) is 0 Å². The van der Waals surface area contributed by atoms with Crippen molar-refractivity contribution in [1.82, 2.24) is 0 Å². The van der Waals surface area contributed by atoms with Gasteiger partial charge in [0.2, 0.25) is 0 Å². The lowest BCUT2D eigenvalue weighted by Crippen LogP contribution is -1.98. The summed E-state index contributed by atoms with van der Waals surface area (Å²) in [5.74, 6) is 4.11. The lowest BCUT2D eigenvalue weighted by atomic mass is 10.7. The summed E-state index contributed by atoms with van der Waals surface area (Å²) in [6.07, 6.45) is 0. The lowest BCUT2D eigenvalue weighted by Gasteiger charge is -2.13. The van der Waals surface area contributed by atoms with E-state index in [4.69, 9.17) is 0 Å². The van der Waals surface area contributed by atoms with Crippen molar-refractivity contribution < 1.29 is 4.21 Å². The maximum Gasteiger partial charge on any atom is 0.0794 e. The van der Waals surface area contributed by atoms with E-state index < -0.39 is 10.8 Å². The predicted octanol–water partition coefficient (Wildman–Crippen LogP) is 6.13. The first-order valence-corrected chi connectivity index (χ1v) is 12.0. The quantitative estimate of drug-likeness (QED) is 0.459. The lowest BCUT2D eigenvalue weighted by molar-refractivity contribution is 0.690. The molecule has 0 aromatic heterocycles. The van der Waals surface area contributed by atoms with Gasteiger partial charge in [-0.15, -0.1) is 47.0 Å². The zero-order valence-electron chi connectivity index (χ0n) is 13.3. The van der Waals surface area contributed by atoms with Crippen molar-refractivity contribution in [3.8, 4) is 0 Å². The van der Waals surface area contributed by atoms with Gasteiger partial charge in [0.25, 0.3) is 0 Å². The summed E-state index contributed by atoms with van der Waals surface area (Å²) < 4.78 is 15.2. The standard InChI is InChI=1S/C14H26OS5/c1-7-16-13(17-8-2)11(5)20(15)12(6)14(18-9-3)19-10-4/h7-10H2,1-6H3. The third kappa shape index (κ3) is 7.34. The average Bonchev–Trinajstić information content (AvgIpc) is 2.44. The molecule has 0 radical (unpaired) electrons. The Balaban J connectivity index is 5.35. The molecule has 0 aromatic carbocycles. The van der Waals surface area contributed by atoms with Gasteiger partial charge in [0.05, 0.1) is 19.3 Å². The molecule has 1 nitrogen and oxygen atoms in total. The van der Waals surface area contributed by atoms with E-state index in [2.05, 4.69) is 27.7 Å². The molecule has 0 heterocycles. The van der Waals surface area contributed by atoms with Crippen LogP contribution in [0.15, 0.2) is 18.3 Å². The van der Waals surface area contributed by atoms with Gasteiger partial charge >= 0.3 is 0 Å². The van der Waals surface area contributed by atoms with Crippen molar-refractivity contribution in [3.05, 3.63) is 18.3 Å². The minimum Gasteiger partial charge on any atom is -0.250 e. The maximum absolute atomic E-state index is 12.8. The molecule has 0 bridgehead atoms. The van der Waals surface area contributed by atoms with E-state index in [1.807, 2.05) is 13.8 Å². The molecule has 0 amide bonds. The molecule has 6 heteroatoms. The van der Waals surface area contributed by atoms with Gasteiger partial charge in [0.1, 0.15) is 0 Å².